The average Bonchev–Trinajstić information content (AvgIpc) is 2.96. The number of aromatic nitrogens is 2. The summed E-state index contributed by atoms with van der Waals surface area (Å²) < 4.78 is 28.5. The Hall–Kier alpha value is -1.70. The van der Waals surface area contributed by atoms with E-state index in [4.69, 9.17) is 4.74 Å². The lowest BCUT2D eigenvalue weighted by molar-refractivity contribution is 0.00215. The van der Waals surface area contributed by atoms with Crippen molar-refractivity contribution < 1.29 is 13.2 Å². The van der Waals surface area contributed by atoms with Crippen LogP contribution in [0.5, 0.6) is 0 Å². The van der Waals surface area contributed by atoms with Crippen molar-refractivity contribution in [3.63, 3.8) is 0 Å². The number of imidazole rings is 1. The SMILES string of the molecule is CN1CCOCC1c1ncc(-c2ccc(S(C)(=O)=O)cc2)[nH]1. The standard InChI is InChI=1S/C15H19N3O3S/c1-18-7-8-21-10-14(18)15-16-9-13(17-15)11-3-5-12(6-4-11)22(2,19)20/h3-6,9,14H,7-8,10H2,1-2H3,(H,16,17). The van der Waals surface area contributed by atoms with Crippen LogP contribution >= 0.6 is 0 Å². The molecule has 3 rings (SSSR count). The highest BCUT2D eigenvalue weighted by molar-refractivity contribution is 7.90. The van der Waals surface area contributed by atoms with Crippen molar-refractivity contribution in [3.05, 3.63) is 36.3 Å². The molecule has 2 aromatic rings. The van der Waals surface area contributed by atoms with Crippen LogP contribution in [-0.4, -0.2) is 56.3 Å². The fourth-order valence-electron chi connectivity index (χ4n) is 2.51. The Morgan fingerprint density at radius 2 is 2.05 bits per heavy atom. The molecule has 0 aliphatic carbocycles. The third kappa shape index (κ3) is 3.06. The van der Waals surface area contributed by atoms with Crippen LogP contribution in [0.4, 0.5) is 0 Å². The summed E-state index contributed by atoms with van der Waals surface area (Å²) in [5.74, 6) is 0.865. The molecule has 1 aliphatic heterocycles. The van der Waals surface area contributed by atoms with Gasteiger partial charge < -0.3 is 9.72 Å². The Kier molecular flexibility index (Phi) is 4.03. The van der Waals surface area contributed by atoms with Crippen LogP contribution in [0.3, 0.4) is 0 Å². The third-order valence-electron chi connectivity index (χ3n) is 3.90. The largest absolute Gasteiger partial charge is 0.378 e. The van der Waals surface area contributed by atoms with E-state index in [1.54, 1.807) is 30.5 Å². The maximum atomic E-state index is 11.5. The van der Waals surface area contributed by atoms with Crippen molar-refractivity contribution in [1.29, 1.82) is 0 Å². The van der Waals surface area contributed by atoms with E-state index < -0.39 is 9.84 Å². The quantitative estimate of drug-likeness (QED) is 0.927. The van der Waals surface area contributed by atoms with Crippen molar-refractivity contribution in [1.82, 2.24) is 14.9 Å². The lowest BCUT2D eigenvalue weighted by Gasteiger charge is -2.30. The first kappa shape index (κ1) is 15.2. The minimum absolute atomic E-state index is 0.123. The van der Waals surface area contributed by atoms with Crippen LogP contribution in [0.25, 0.3) is 11.3 Å². The van der Waals surface area contributed by atoms with Crippen LogP contribution in [-0.2, 0) is 14.6 Å². The van der Waals surface area contributed by atoms with Crippen LogP contribution in [0.1, 0.15) is 11.9 Å². The molecule has 1 unspecified atom stereocenters. The number of morpholine rings is 1. The molecule has 0 amide bonds. The second kappa shape index (κ2) is 5.83. The Balaban J connectivity index is 1.84. The number of H-pyrrole nitrogens is 1. The fraction of sp³-hybridized carbons (Fsp3) is 0.400. The maximum Gasteiger partial charge on any atom is 0.175 e. The Bertz CT molecular complexity index is 753. The Morgan fingerprint density at radius 1 is 1.32 bits per heavy atom. The molecule has 1 atom stereocenters. The van der Waals surface area contributed by atoms with Gasteiger partial charge in [0.1, 0.15) is 5.82 Å². The second-order valence-corrected chi connectivity index (χ2v) is 7.57. The molecule has 0 bridgehead atoms. The molecule has 1 N–H and O–H groups in total. The zero-order chi connectivity index (χ0) is 15.7. The van der Waals surface area contributed by atoms with Gasteiger partial charge in [-0.2, -0.15) is 0 Å². The van der Waals surface area contributed by atoms with E-state index in [1.165, 1.54) is 6.26 Å². The highest BCUT2D eigenvalue weighted by Crippen LogP contribution is 2.24. The molecule has 1 aromatic carbocycles. The minimum Gasteiger partial charge on any atom is -0.378 e. The number of hydrogen-bond acceptors (Lipinski definition) is 5. The number of hydrogen-bond donors (Lipinski definition) is 1. The van der Waals surface area contributed by atoms with Gasteiger partial charge in [0.05, 0.1) is 36.0 Å². The number of ether oxygens (including phenoxy) is 1. The van der Waals surface area contributed by atoms with Gasteiger partial charge in [0, 0.05) is 12.8 Å². The van der Waals surface area contributed by atoms with Crippen molar-refractivity contribution in [2.75, 3.05) is 33.1 Å². The van der Waals surface area contributed by atoms with E-state index >= 15 is 0 Å². The number of rotatable bonds is 3. The van der Waals surface area contributed by atoms with Crippen molar-refractivity contribution in [3.8, 4) is 11.3 Å². The molecule has 0 radical (unpaired) electrons. The van der Waals surface area contributed by atoms with Crippen molar-refractivity contribution >= 4 is 9.84 Å². The van der Waals surface area contributed by atoms with E-state index in [-0.39, 0.29) is 6.04 Å². The van der Waals surface area contributed by atoms with Gasteiger partial charge in [-0.05, 0) is 24.7 Å². The van der Waals surface area contributed by atoms with Gasteiger partial charge in [-0.15, -0.1) is 0 Å². The molecule has 118 valence electrons. The molecule has 1 saturated heterocycles. The number of nitrogens with zero attached hydrogens (tertiary/aromatic N) is 2. The summed E-state index contributed by atoms with van der Waals surface area (Å²) in [6, 6.07) is 6.92. The Labute approximate surface area is 130 Å². The van der Waals surface area contributed by atoms with Crippen LogP contribution in [0.2, 0.25) is 0 Å². The van der Waals surface area contributed by atoms with Gasteiger partial charge >= 0.3 is 0 Å². The molecule has 7 heteroatoms. The molecule has 6 nitrogen and oxygen atoms in total. The van der Waals surface area contributed by atoms with Gasteiger partial charge in [0.25, 0.3) is 0 Å². The summed E-state index contributed by atoms with van der Waals surface area (Å²) in [5.41, 5.74) is 1.78. The zero-order valence-electron chi connectivity index (χ0n) is 12.6. The molecule has 1 aromatic heterocycles. The summed E-state index contributed by atoms with van der Waals surface area (Å²) in [6.45, 7) is 2.24. The summed E-state index contributed by atoms with van der Waals surface area (Å²) in [7, 11) is -1.12. The molecule has 1 aliphatic rings. The Morgan fingerprint density at radius 3 is 2.68 bits per heavy atom. The first-order chi connectivity index (χ1) is 10.4. The fourth-order valence-corrected chi connectivity index (χ4v) is 3.14. The van der Waals surface area contributed by atoms with Gasteiger partial charge in [-0.3, -0.25) is 4.90 Å². The molecular weight excluding hydrogens is 302 g/mol. The number of aromatic amines is 1. The molecule has 2 heterocycles. The normalized spacial score (nSPS) is 20.2. The number of likely N-dealkylation sites (N-methyl/N-ethyl adjacent to an activating group) is 1. The first-order valence-electron chi connectivity index (χ1n) is 7.08. The molecule has 22 heavy (non-hydrogen) atoms. The summed E-state index contributed by atoms with van der Waals surface area (Å²) >= 11 is 0. The predicted octanol–water partition coefficient (Wildman–Crippen LogP) is 1.48. The summed E-state index contributed by atoms with van der Waals surface area (Å²) in [6.07, 6.45) is 2.97. The van der Waals surface area contributed by atoms with E-state index in [2.05, 4.69) is 21.9 Å². The molecular formula is C15H19N3O3S. The highest BCUT2D eigenvalue weighted by atomic mass is 32.2. The molecule has 0 saturated carbocycles. The highest BCUT2D eigenvalue weighted by Gasteiger charge is 2.24. The minimum atomic E-state index is -3.17. The monoisotopic (exact) mass is 321 g/mol. The summed E-state index contributed by atoms with van der Waals surface area (Å²) in [4.78, 5) is 10.3. The summed E-state index contributed by atoms with van der Waals surface area (Å²) in [5, 5.41) is 0. The average molecular weight is 321 g/mol. The number of benzene rings is 1. The van der Waals surface area contributed by atoms with Gasteiger partial charge in [0.2, 0.25) is 0 Å². The predicted molar refractivity (Wildman–Crippen MR) is 83.3 cm³/mol. The first-order valence-corrected chi connectivity index (χ1v) is 8.97. The van der Waals surface area contributed by atoms with E-state index in [9.17, 15) is 8.42 Å². The van der Waals surface area contributed by atoms with E-state index in [1.807, 2.05) is 0 Å². The number of sulfone groups is 1. The lowest BCUT2D eigenvalue weighted by atomic mass is 10.2. The van der Waals surface area contributed by atoms with Crippen LogP contribution in [0.15, 0.2) is 35.4 Å². The lowest BCUT2D eigenvalue weighted by Crippen LogP contribution is -2.37. The van der Waals surface area contributed by atoms with Crippen LogP contribution < -0.4 is 0 Å². The van der Waals surface area contributed by atoms with Crippen molar-refractivity contribution in [2.45, 2.75) is 10.9 Å². The van der Waals surface area contributed by atoms with E-state index in [0.717, 1.165) is 30.2 Å². The molecule has 0 spiro atoms. The van der Waals surface area contributed by atoms with Crippen LogP contribution in [0, 0.1) is 0 Å². The van der Waals surface area contributed by atoms with E-state index in [0.29, 0.717) is 11.5 Å². The van der Waals surface area contributed by atoms with Gasteiger partial charge in [-0.25, -0.2) is 13.4 Å². The smallest absolute Gasteiger partial charge is 0.175 e. The zero-order valence-corrected chi connectivity index (χ0v) is 13.4. The van der Waals surface area contributed by atoms with Gasteiger partial charge in [-0.1, -0.05) is 12.1 Å². The van der Waals surface area contributed by atoms with Gasteiger partial charge in [0.15, 0.2) is 9.84 Å². The number of nitrogens with one attached hydrogen (secondary N) is 1. The topological polar surface area (TPSA) is 75.3 Å². The maximum absolute atomic E-state index is 11.5. The second-order valence-electron chi connectivity index (χ2n) is 5.55. The third-order valence-corrected chi connectivity index (χ3v) is 5.03. The van der Waals surface area contributed by atoms with Crippen molar-refractivity contribution in [2.24, 2.45) is 0 Å². The molecule has 1 fully saturated rings.